The van der Waals surface area contributed by atoms with Gasteiger partial charge in [0.1, 0.15) is 0 Å². The van der Waals surface area contributed by atoms with Crippen LogP contribution in [0.3, 0.4) is 0 Å². The third-order valence-electron chi connectivity index (χ3n) is 4.22. The summed E-state index contributed by atoms with van der Waals surface area (Å²) in [6, 6.07) is 3.72. The highest BCUT2D eigenvalue weighted by atomic mass is 16.1. The quantitative estimate of drug-likeness (QED) is 0.906. The summed E-state index contributed by atoms with van der Waals surface area (Å²) in [5.41, 5.74) is 1.66. The molecule has 0 aromatic carbocycles. The Morgan fingerprint density at radius 2 is 1.73 bits per heavy atom. The first-order chi connectivity index (χ1) is 10.7. The minimum Gasteiger partial charge on any atom is -0.328 e. The molecule has 1 fully saturated rings. The van der Waals surface area contributed by atoms with E-state index in [2.05, 4.69) is 21.9 Å². The molecule has 0 atom stereocenters. The van der Waals surface area contributed by atoms with Crippen molar-refractivity contribution in [2.45, 2.75) is 52.4 Å². The topological polar surface area (TPSA) is 58.6 Å². The summed E-state index contributed by atoms with van der Waals surface area (Å²) in [5.74, 6) is 1.87. The highest BCUT2D eigenvalue weighted by molar-refractivity contribution is 5.54. The zero-order valence-electron chi connectivity index (χ0n) is 13.7. The van der Waals surface area contributed by atoms with Crippen LogP contribution in [-0.4, -0.2) is 15.0 Å². The van der Waals surface area contributed by atoms with Crippen molar-refractivity contribution in [1.82, 2.24) is 15.0 Å². The van der Waals surface area contributed by atoms with Gasteiger partial charge in [-0.2, -0.15) is 0 Å². The van der Waals surface area contributed by atoms with Crippen molar-refractivity contribution in [1.29, 1.82) is 0 Å². The molecule has 4 nitrogen and oxygen atoms in total. The average molecular weight is 299 g/mol. The fourth-order valence-corrected chi connectivity index (χ4v) is 2.93. The number of rotatable bonds is 2. The van der Waals surface area contributed by atoms with Crippen molar-refractivity contribution in [2.75, 3.05) is 0 Å². The van der Waals surface area contributed by atoms with E-state index >= 15 is 0 Å². The molecule has 118 valence electrons. The molecule has 0 aliphatic heterocycles. The number of nitrogens with one attached hydrogen (secondary N) is 1. The van der Waals surface area contributed by atoms with Gasteiger partial charge in [0.2, 0.25) is 0 Å². The molecule has 1 saturated carbocycles. The Labute approximate surface area is 132 Å². The van der Waals surface area contributed by atoms with E-state index in [9.17, 15) is 4.79 Å². The number of aromatic nitrogens is 3. The molecule has 1 aliphatic carbocycles. The summed E-state index contributed by atoms with van der Waals surface area (Å²) in [5, 5.41) is 0. The van der Waals surface area contributed by atoms with Gasteiger partial charge in [-0.3, -0.25) is 4.79 Å². The molecular weight excluding hydrogens is 274 g/mol. The predicted molar refractivity (Wildman–Crippen MR) is 89.8 cm³/mol. The number of H-pyrrole nitrogens is 1. The van der Waals surface area contributed by atoms with E-state index in [-0.39, 0.29) is 5.56 Å². The molecule has 2 aromatic heterocycles. The van der Waals surface area contributed by atoms with Crippen LogP contribution in [0, 0.1) is 5.92 Å². The van der Waals surface area contributed by atoms with Gasteiger partial charge in [0.25, 0.3) is 5.56 Å². The van der Waals surface area contributed by atoms with Crippen LogP contribution >= 0.6 is 0 Å². The minimum atomic E-state index is -0.121. The van der Waals surface area contributed by atoms with Gasteiger partial charge in [-0.25, -0.2) is 9.97 Å². The van der Waals surface area contributed by atoms with Crippen LogP contribution < -0.4 is 5.56 Å². The Kier molecular flexibility index (Phi) is 5.87. The molecule has 0 amide bonds. The highest BCUT2D eigenvalue weighted by Gasteiger charge is 2.21. The van der Waals surface area contributed by atoms with Crippen molar-refractivity contribution >= 4 is 0 Å². The van der Waals surface area contributed by atoms with Gasteiger partial charge in [0.15, 0.2) is 5.82 Å². The monoisotopic (exact) mass is 299 g/mol. The Bertz CT molecular complexity index is 628. The summed E-state index contributed by atoms with van der Waals surface area (Å²) in [4.78, 5) is 23.2. The second-order valence-electron chi connectivity index (χ2n) is 5.71. The maximum absolute atomic E-state index is 12.0. The average Bonchev–Trinajstić information content (AvgIpc) is 2.59. The molecule has 4 heteroatoms. The SMILES string of the molecule is CC.CC1CCC(c2c[nH]c(=O)c(-c3ncccn3)c2)CC1. The largest absolute Gasteiger partial charge is 0.328 e. The molecule has 2 aromatic rings. The van der Waals surface area contributed by atoms with Crippen molar-refractivity contribution in [2.24, 2.45) is 5.92 Å². The second-order valence-corrected chi connectivity index (χ2v) is 5.71. The van der Waals surface area contributed by atoms with Gasteiger partial charge in [0, 0.05) is 18.6 Å². The van der Waals surface area contributed by atoms with Gasteiger partial charge in [-0.15, -0.1) is 0 Å². The fourth-order valence-electron chi connectivity index (χ4n) is 2.93. The predicted octanol–water partition coefficient (Wildman–Crippen LogP) is 4.15. The minimum absolute atomic E-state index is 0.121. The molecule has 0 spiro atoms. The molecule has 0 unspecified atom stereocenters. The molecule has 3 rings (SSSR count). The highest BCUT2D eigenvalue weighted by Crippen LogP contribution is 2.35. The van der Waals surface area contributed by atoms with Crippen molar-refractivity contribution in [3.8, 4) is 11.4 Å². The lowest BCUT2D eigenvalue weighted by Gasteiger charge is -2.26. The zero-order chi connectivity index (χ0) is 15.9. The number of nitrogens with zero attached hydrogens (tertiary/aromatic N) is 2. The third-order valence-corrected chi connectivity index (χ3v) is 4.22. The van der Waals surface area contributed by atoms with Crippen LogP contribution in [0.4, 0.5) is 0 Å². The first kappa shape index (κ1) is 16.4. The van der Waals surface area contributed by atoms with E-state index in [1.165, 1.54) is 31.2 Å². The zero-order valence-corrected chi connectivity index (χ0v) is 13.7. The molecule has 0 bridgehead atoms. The number of hydrogen-bond donors (Lipinski definition) is 1. The summed E-state index contributed by atoms with van der Waals surface area (Å²) in [6.07, 6.45) is 10.1. The Morgan fingerprint density at radius 3 is 2.36 bits per heavy atom. The van der Waals surface area contributed by atoms with E-state index < -0.39 is 0 Å². The molecule has 1 aliphatic rings. The van der Waals surface area contributed by atoms with E-state index in [0.29, 0.717) is 17.3 Å². The molecule has 1 N–H and O–H groups in total. The second kappa shape index (κ2) is 7.87. The van der Waals surface area contributed by atoms with Gasteiger partial charge in [-0.1, -0.05) is 33.6 Å². The smallest absolute Gasteiger partial charge is 0.259 e. The van der Waals surface area contributed by atoms with E-state index in [4.69, 9.17) is 0 Å². The normalized spacial score (nSPS) is 20.9. The number of pyridine rings is 1. The summed E-state index contributed by atoms with van der Waals surface area (Å²) < 4.78 is 0. The van der Waals surface area contributed by atoms with Gasteiger partial charge < -0.3 is 4.98 Å². The fraction of sp³-hybridized carbons (Fsp3) is 0.500. The van der Waals surface area contributed by atoms with Gasteiger partial charge in [-0.05, 0) is 42.4 Å². The number of aromatic amines is 1. The van der Waals surface area contributed by atoms with E-state index in [0.717, 1.165) is 5.92 Å². The Morgan fingerprint density at radius 1 is 1.09 bits per heavy atom. The maximum atomic E-state index is 12.0. The first-order valence-electron chi connectivity index (χ1n) is 8.24. The van der Waals surface area contributed by atoms with Crippen LogP contribution in [0.15, 0.2) is 35.5 Å². The number of hydrogen-bond acceptors (Lipinski definition) is 3. The first-order valence-corrected chi connectivity index (χ1v) is 8.24. The summed E-state index contributed by atoms with van der Waals surface area (Å²) >= 11 is 0. The van der Waals surface area contributed by atoms with Gasteiger partial charge >= 0.3 is 0 Å². The van der Waals surface area contributed by atoms with Crippen molar-refractivity contribution < 1.29 is 0 Å². The molecular formula is C18H25N3O. The summed E-state index contributed by atoms with van der Waals surface area (Å²) in [7, 11) is 0. The standard InChI is InChI=1S/C16H19N3O.C2H6/c1-11-3-5-12(6-4-11)13-9-14(16(20)19-10-13)15-17-7-2-8-18-15;1-2/h2,7-12H,3-6H2,1H3,(H,19,20);1-2H3. The third kappa shape index (κ3) is 3.81. The molecule has 0 radical (unpaired) electrons. The lowest BCUT2D eigenvalue weighted by atomic mass is 9.80. The molecule has 2 heterocycles. The maximum Gasteiger partial charge on any atom is 0.259 e. The van der Waals surface area contributed by atoms with Crippen LogP contribution in [0.2, 0.25) is 0 Å². The molecule has 0 saturated heterocycles. The van der Waals surface area contributed by atoms with Crippen LogP contribution in [0.1, 0.15) is 57.9 Å². The lowest BCUT2D eigenvalue weighted by Crippen LogP contribution is -2.15. The van der Waals surface area contributed by atoms with Crippen LogP contribution in [0.5, 0.6) is 0 Å². The Hall–Kier alpha value is -1.97. The van der Waals surface area contributed by atoms with Gasteiger partial charge in [0.05, 0.1) is 5.56 Å². The molecule has 22 heavy (non-hydrogen) atoms. The lowest BCUT2D eigenvalue weighted by molar-refractivity contribution is 0.347. The van der Waals surface area contributed by atoms with Crippen molar-refractivity contribution in [3.05, 3.63) is 46.6 Å². The van der Waals surface area contributed by atoms with Crippen LogP contribution in [-0.2, 0) is 0 Å². The Balaban J connectivity index is 0.000000847. The van der Waals surface area contributed by atoms with E-state index in [1.807, 2.05) is 26.1 Å². The van der Waals surface area contributed by atoms with E-state index in [1.54, 1.807) is 18.5 Å². The van der Waals surface area contributed by atoms with Crippen molar-refractivity contribution in [3.63, 3.8) is 0 Å². The van der Waals surface area contributed by atoms with Crippen LogP contribution in [0.25, 0.3) is 11.4 Å². The summed E-state index contributed by atoms with van der Waals surface area (Å²) in [6.45, 7) is 6.31.